The maximum Gasteiger partial charge on any atom is 0.407 e. The van der Waals surface area contributed by atoms with Gasteiger partial charge in [0.25, 0.3) is 0 Å². The van der Waals surface area contributed by atoms with Gasteiger partial charge in [0, 0.05) is 37.1 Å². The lowest BCUT2D eigenvalue weighted by Crippen LogP contribution is -2.53. The molecule has 1 atom stereocenters. The van der Waals surface area contributed by atoms with Crippen molar-refractivity contribution < 1.29 is 14.6 Å². The average Bonchev–Trinajstić information content (AvgIpc) is 3.19. The summed E-state index contributed by atoms with van der Waals surface area (Å²) in [6.07, 6.45) is 2.65. The summed E-state index contributed by atoms with van der Waals surface area (Å²) in [6, 6.07) is 17.8. The number of hydrogen-bond acceptors (Lipinski definition) is 6. The molecular weight excluding hydrogens is 432 g/mol. The van der Waals surface area contributed by atoms with Crippen LogP contribution in [-0.2, 0) is 6.61 Å². The second-order valence-electron chi connectivity index (χ2n) is 8.42. The Morgan fingerprint density at radius 2 is 1.91 bits per heavy atom. The maximum absolute atomic E-state index is 11.3. The summed E-state index contributed by atoms with van der Waals surface area (Å²) in [7, 11) is 0. The lowest BCUT2D eigenvalue weighted by molar-refractivity contribution is 0.136. The number of anilines is 2. The van der Waals surface area contributed by atoms with E-state index in [9.17, 15) is 9.90 Å². The summed E-state index contributed by atoms with van der Waals surface area (Å²) in [5.41, 5.74) is 9.81. The van der Waals surface area contributed by atoms with Crippen LogP contribution in [0.1, 0.15) is 12.5 Å². The van der Waals surface area contributed by atoms with Crippen molar-refractivity contribution in [2.24, 2.45) is 0 Å². The minimum Gasteiger partial charge on any atom is -0.489 e. The van der Waals surface area contributed by atoms with Crippen LogP contribution < -0.4 is 15.4 Å². The topological polar surface area (TPSA) is 110 Å². The van der Waals surface area contributed by atoms with Crippen molar-refractivity contribution in [1.82, 2.24) is 19.7 Å². The van der Waals surface area contributed by atoms with Crippen molar-refractivity contribution >= 4 is 28.5 Å². The summed E-state index contributed by atoms with van der Waals surface area (Å²) in [6.45, 7) is 3.97. The smallest absolute Gasteiger partial charge is 0.407 e. The van der Waals surface area contributed by atoms with Gasteiger partial charge >= 0.3 is 6.09 Å². The van der Waals surface area contributed by atoms with Crippen LogP contribution in [0.15, 0.2) is 67.0 Å². The molecule has 9 heteroatoms. The average molecular weight is 459 g/mol. The molecule has 0 bridgehead atoms. The zero-order valence-electron chi connectivity index (χ0n) is 18.8. The Morgan fingerprint density at radius 3 is 2.68 bits per heavy atom. The minimum absolute atomic E-state index is 0.0272. The zero-order chi connectivity index (χ0) is 23.7. The molecule has 1 fully saturated rings. The third kappa shape index (κ3) is 4.19. The van der Waals surface area contributed by atoms with Gasteiger partial charge in [-0.3, -0.25) is 4.98 Å². The van der Waals surface area contributed by atoms with E-state index in [4.69, 9.17) is 10.5 Å². The number of ether oxygens (including phenoxy) is 1. The molecule has 5 rings (SSSR count). The quantitative estimate of drug-likeness (QED) is 0.468. The highest BCUT2D eigenvalue weighted by atomic mass is 16.5. The molecule has 2 aromatic heterocycles. The van der Waals surface area contributed by atoms with Gasteiger partial charge in [-0.25, -0.2) is 9.48 Å². The van der Waals surface area contributed by atoms with Gasteiger partial charge < -0.3 is 25.4 Å². The molecule has 0 unspecified atom stereocenters. The second kappa shape index (κ2) is 8.93. The van der Waals surface area contributed by atoms with Crippen molar-refractivity contribution in [2.75, 3.05) is 30.3 Å². The molecule has 0 saturated carbocycles. The standard InChI is InChI=1S/C25H26N6O3/c1-17-15-29(25(32)33)9-10-30(17)19-11-20(14-27-13-19)31-23-12-21(7-8-22(23)24(26)28-31)34-16-18-5-3-2-4-6-18/h2-8,11-14,17H,9-10,15-16H2,1H3,(H2,26,28)(H,32,33)/t17-/m0/s1. The molecule has 174 valence electrons. The fourth-order valence-electron chi connectivity index (χ4n) is 4.35. The molecule has 3 N–H and O–H groups in total. The van der Waals surface area contributed by atoms with E-state index in [1.54, 1.807) is 17.1 Å². The number of nitrogens with zero attached hydrogens (tertiary/aromatic N) is 5. The lowest BCUT2D eigenvalue weighted by Gasteiger charge is -2.40. The predicted octanol–water partition coefficient (Wildman–Crippen LogP) is 3.77. The summed E-state index contributed by atoms with van der Waals surface area (Å²) >= 11 is 0. The van der Waals surface area contributed by atoms with Gasteiger partial charge in [-0.05, 0) is 30.7 Å². The third-order valence-corrected chi connectivity index (χ3v) is 6.11. The Labute approximate surface area is 197 Å². The largest absolute Gasteiger partial charge is 0.489 e. The summed E-state index contributed by atoms with van der Waals surface area (Å²) < 4.78 is 7.78. The first kappa shape index (κ1) is 21.6. The number of pyridine rings is 1. The fraction of sp³-hybridized carbons (Fsp3) is 0.240. The first-order chi connectivity index (χ1) is 16.5. The number of rotatable bonds is 5. The maximum atomic E-state index is 11.3. The number of piperazine rings is 1. The number of carbonyl (C=O) groups is 1. The molecular formula is C25H26N6O3. The monoisotopic (exact) mass is 458 g/mol. The third-order valence-electron chi connectivity index (χ3n) is 6.11. The molecule has 0 spiro atoms. The number of amides is 1. The van der Waals surface area contributed by atoms with Crippen LogP contribution in [0.25, 0.3) is 16.6 Å². The van der Waals surface area contributed by atoms with Gasteiger partial charge in [0.05, 0.1) is 29.3 Å². The number of benzene rings is 2. The minimum atomic E-state index is -0.887. The highest BCUT2D eigenvalue weighted by molar-refractivity contribution is 5.91. The van der Waals surface area contributed by atoms with Crippen molar-refractivity contribution in [3.63, 3.8) is 0 Å². The molecule has 2 aromatic carbocycles. The number of hydrogen-bond donors (Lipinski definition) is 2. The van der Waals surface area contributed by atoms with Gasteiger partial charge in [-0.1, -0.05) is 30.3 Å². The van der Waals surface area contributed by atoms with Crippen LogP contribution in [-0.4, -0.2) is 56.5 Å². The van der Waals surface area contributed by atoms with Crippen molar-refractivity contribution in [2.45, 2.75) is 19.6 Å². The van der Waals surface area contributed by atoms with E-state index in [0.717, 1.165) is 33.6 Å². The normalized spacial score (nSPS) is 16.1. The van der Waals surface area contributed by atoms with Crippen molar-refractivity contribution in [1.29, 1.82) is 0 Å². The Kier molecular flexibility index (Phi) is 5.67. The summed E-state index contributed by atoms with van der Waals surface area (Å²) in [4.78, 5) is 19.4. The van der Waals surface area contributed by atoms with Crippen LogP contribution in [0.4, 0.5) is 16.3 Å². The number of aromatic nitrogens is 3. The lowest BCUT2D eigenvalue weighted by atomic mass is 10.1. The van der Waals surface area contributed by atoms with Crippen LogP contribution in [0.5, 0.6) is 5.75 Å². The summed E-state index contributed by atoms with van der Waals surface area (Å²) in [5.74, 6) is 1.15. The summed E-state index contributed by atoms with van der Waals surface area (Å²) in [5, 5.41) is 14.7. The number of nitrogens with two attached hydrogens (primary N) is 1. The predicted molar refractivity (Wildman–Crippen MR) is 130 cm³/mol. The van der Waals surface area contributed by atoms with Gasteiger partial charge in [0.15, 0.2) is 5.82 Å². The molecule has 1 amide bonds. The fourth-order valence-corrected chi connectivity index (χ4v) is 4.35. The van der Waals surface area contributed by atoms with Crippen molar-refractivity contribution in [3.05, 3.63) is 72.6 Å². The van der Waals surface area contributed by atoms with Crippen molar-refractivity contribution in [3.8, 4) is 11.4 Å². The van der Waals surface area contributed by atoms with E-state index in [1.165, 1.54) is 4.90 Å². The molecule has 34 heavy (non-hydrogen) atoms. The number of nitrogen functional groups attached to an aromatic ring is 1. The highest BCUT2D eigenvalue weighted by Gasteiger charge is 2.27. The van der Waals surface area contributed by atoms with E-state index in [0.29, 0.717) is 32.1 Å². The molecule has 1 aliphatic heterocycles. The molecule has 1 saturated heterocycles. The van der Waals surface area contributed by atoms with Crippen LogP contribution in [0, 0.1) is 0 Å². The highest BCUT2D eigenvalue weighted by Crippen LogP contribution is 2.29. The van der Waals surface area contributed by atoms with E-state index >= 15 is 0 Å². The van der Waals surface area contributed by atoms with Gasteiger partial charge in [-0.2, -0.15) is 0 Å². The second-order valence-corrected chi connectivity index (χ2v) is 8.42. The Hall–Kier alpha value is -4.27. The first-order valence-electron chi connectivity index (χ1n) is 11.1. The van der Waals surface area contributed by atoms with Gasteiger partial charge in [0.2, 0.25) is 0 Å². The molecule has 4 aromatic rings. The van der Waals surface area contributed by atoms with Crippen LogP contribution >= 0.6 is 0 Å². The first-order valence-corrected chi connectivity index (χ1v) is 11.1. The van der Waals surface area contributed by atoms with Crippen LogP contribution in [0.2, 0.25) is 0 Å². The Bertz CT molecular complexity index is 1320. The van der Waals surface area contributed by atoms with Crippen LogP contribution in [0.3, 0.4) is 0 Å². The molecule has 0 radical (unpaired) electrons. The number of carboxylic acid groups (broad SMARTS) is 1. The van der Waals surface area contributed by atoms with E-state index in [1.807, 2.05) is 61.5 Å². The van der Waals surface area contributed by atoms with E-state index < -0.39 is 6.09 Å². The molecule has 1 aliphatic rings. The van der Waals surface area contributed by atoms with Gasteiger partial charge in [-0.15, -0.1) is 5.10 Å². The zero-order valence-corrected chi connectivity index (χ0v) is 18.8. The van der Waals surface area contributed by atoms with Gasteiger partial charge in [0.1, 0.15) is 12.4 Å². The molecule has 3 heterocycles. The number of fused-ring (bicyclic) bond motifs is 1. The Balaban J connectivity index is 1.43. The SMILES string of the molecule is C[C@H]1CN(C(=O)O)CCN1c1cncc(-n2nc(N)c3ccc(OCc4ccccc4)cc32)c1. The van der Waals surface area contributed by atoms with E-state index in [-0.39, 0.29) is 6.04 Å². The Morgan fingerprint density at radius 1 is 1.12 bits per heavy atom. The van der Waals surface area contributed by atoms with E-state index in [2.05, 4.69) is 15.0 Å². The molecule has 0 aliphatic carbocycles. The molecule has 9 nitrogen and oxygen atoms in total.